The Hall–Kier alpha value is -0.670. The molecule has 3 heteroatoms. The van der Waals surface area contributed by atoms with Crippen molar-refractivity contribution >= 4 is 31.9 Å². The van der Waals surface area contributed by atoms with Gasteiger partial charge in [0.05, 0.1) is 9.30 Å². The van der Waals surface area contributed by atoms with Gasteiger partial charge in [-0.2, -0.15) is 0 Å². The Morgan fingerprint density at radius 1 is 1.12 bits per heavy atom. The largest absolute Gasteiger partial charge is 0.206 e. The maximum atomic E-state index is 13.2. The summed E-state index contributed by atoms with van der Waals surface area (Å²) < 4.78 is 13.7. The van der Waals surface area contributed by atoms with E-state index in [9.17, 15) is 4.39 Å². The second-order valence-electron chi connectivity index (χ2n) is 3.89. The molecule has 2 aromatic carbocycles. The number of aryl methyl sites for hydroxylation is 1. The minimum atomic E-state index is -0.238. The summed E-state index contributed by atoms with van der Waals surface area (Å²) in [6.07, 6.45) is 0. The molecule has 0 heterocycles. The lowest BCUT2D eigenvalue weighted by Gasteiger charge is -2.14. The van der Waals surface area contributed by atoms with Crippen molar-refractivity contribution in [1.82, 2.24) is 0 Å². The van der Waals surface area contributed by atoms with Gasteiger partial charge in [-0.3, -0.25) is 0 Å². The molecule has 2 aromatic rings. The molecule has 0 aliphatic carbocycles. The van der Waals surface area contributed by atoms with E-state index >= 15 is 0 Å². The van der Waals surface area contributed by atoms with Crippen molar-refractivity contribution in [3.05, 3.63) is 69.4 Å². The summed E-state index contributed by atoms with van der Waals surface area (Å²) in [5.74, 6) is -0.238. The zero-order chi connectivity index (χ0) is 12.4. The van der Waals surface area contributed by atoms with Gasteiger partial charge in [0.2, 0.25) is 0 Å². The fourth-order valence-electron chi connectivity index (χ4n) is 1.72. The van der Waals surface area contributed by atoms with Crippen LogP contribution in [0.4, 0.5) is 4.39 Å². The molecule has 0 N–H and O–H groups in total. The predicted octanol–water partition coefficient (Wildman–Crippen LogP) is 5.38. The lowest BCUT2D eigenvalue weighted by Crippen LogP contribution is -1.96. The van der Waals surface area contributed by atoms with Crippen molar-refractivity contribution in [2.75, 3.05) is 0 Å². The second kappa shape index (κ2) is 5.32. The van der Waals surface area contributed by atoms with Crippen molar-refractivity contribution < 1.29 is 4.39 Å². The molecule has 0 nitrogen and oxygen atoms in total. The van der Waals surface area contributed by atoms with E-state index in [0.717, 1.165) is 5.56 Å². The Kier molecular flexibility index (Phi) is 4.00. The van der Waals surface area contributed by atoms with E-state index in [1.807, 2.05) is 12.1 Å². The fraction of sp³-hybridized carbons (Fsp3) is 0.143. The predicted molar refractivity (Wildman–Crippen MR) is 76.0 cm³/mol. The van der Waals surface area contributed by atoms with Crippen molar-refractivity contribution in [1.29, 1.82) is 0 Å². The van der Waals surface area contributed by atoms with Crippen LogP contribution in [0.15, 0.2) is 46.9 Å². The summed E-state index contributed by atoms with van der Waals surface area (Å²) in [6, 6.07) is 13.3. The maximum Gasteiger partial charge on any atom is 0.137 e. The minimum absolute atomic E-state index is 0.0839. The van der Waals surface area contributed by atoms with Crippen LogP contribution in [0.25, 0.3) is 0 Å². The topological polar surface area (TPSA) is 0 Å². The Morgan fingerprint density at radius 2 is 1.82 bits per heavy atom. The molecule has 0 amide bonds. The molecule has 0 aliphatic heterocycles. The van der Waals surface area contributed by atoms with Gasteiger partial charge >= 0.3 is 0 Å². The lowest BCUT2D eigenvalue weighted by molar-refractivity contribution is 0.620. The number of hydrogen-bond donors (Lipinski definition) is 0. The molecule has 0 saturated carbocycles. The highest BCUT2D eigenvalue weighted by Gasteiger charge is 2.13. The molecule has 88 valence electrons. The fourth-order valence-corrected chi connectivity index (χ4v) is 2.92. The molecule has 0 saturated heterocycles. The van der Waals surface area contributed by atoms with E-state index in [1.165, 1.54) is 17.2 Å². The lowest BCUT2D eigenvalue weighted by atomic mass is 10.0. The van der Waals surface area contributed by atoms with E-state index < -0.39 is 0 Å². The van der Waals surface area contributed by atoms with Crippen LogP contribution in [0.3, 0.4) is 0 Å². The molecule has 0 radical (unpaired) electrons. The molecule has 0 fully saturated rings. The van der Waals surface area contributed by atoms with Crippen molar-refractivity contribution in [3.63, 3.8) is 0 Å². The van der Waals surface area contributed by atoms with Gasteiger partial charge in [0.15, 0.2) is 0 Å². The Bertz CT molecular complexity index is 537. The van der Waals surface area contributed by atoms with Crippen molar-refractivity contribution in [2.24, 2.45) is 0 Å². The molecule has 0 aliphatic rings. The first-order valence-electron chi connectivity index (χ1n) is 5.24. The highest BCUT2D eigenvalue weighted by molar-refractivity contribution is 9.10. The number of alkyl halides is 1. The summed E-state index contributed by atoms with van der Waals surface area (Å²) >= 11 is 6.87. The van der Waals surface area contributed by atoms with Crippen LogP contribution >= 0.6 is 31.9 Å². The molecule has 2 rings (SSSR count). The van der Waals surface area contributed by atoms with Crippen LogP contribution in [0.1, 0.15) is 21.5 Å². The quantitative estimate of drug-likeness (QED) is 0.633. The summed E-state index contributed by atoms with van der Waals surface area (Å²) in [6.45, 7) is 2.07. The standard InChI is InChI=1S/C14H11Br2F/c1-9-4-2-3-5-11(9)14(16)10-6-7-13(17)12(15)8-10/h2-8,14H,1H3. The zero-order valence-corrected chi connectivity index (χ0v) is 12.4. The van der Waals surface area contributed by atoms with Gasteiger partial charge in [0.1, 0.15) is 5.82 Å². The third kappa shape index (κ3) is 2.78. The SMILES string of the molecule is Cc1ccccc1C(Br)c1ccc(F)c(Br)c1. The molecule has 0 bridgehead atoms. The molecule has 0 aromatic heterocycles. The third-order valence-electron chi connectivity index (χ3n) is 2.70. The second-order valence-corrected chi connectivity index (χ2v) is 5.66. The maximum absolute atomic E-state index is 13.2. The van der Waals surface area contributed by atoms with Gasteiger partial charge in [0.25, 0.3) is 0 Å². The van der Waals surface area contributed by atoms with E-state index in [2.05, 4.69) is 50.9 Å². The first-order chi connectivity index (χ1) is 8.09. The first kappa shape index (κ1) is 12.8. The molecule has 17 heavy (non-hydrogen) atoms. The van der Waals surface area contributed by atoms with Gasteiger partial charge in [0, 0.05) is 0 Å². The van der Waals surface area contributed by atoms with E-state index in [-0.39, 0.29) is 10.6 Å². The van der Waals surface area contributed by atoms with E-state index in [1.54, 1.807) is 12.1 Å². The zero-order valence-electron chi connectivity index (χ0n) is 9.25. The summed E-state index contributed by atoms with van der Waals surface area (Å²) in [5.41, 5.74) is 3.45. The van der Waals surface area contributed by atoms with Crippen LogP contribution in [0.5, 0.6) is 0 Å². The van der Waals surface area contributed by atoms with Gasteiger partial charge in [-0.1, -0.05) is 46.3 Å². The smallest absolute Gasteiger partial charge is 0.137 e. The average molecular weight is 358 g/mol. The molecular weight excluding hydrogens is 347 g/mol. The van der Waals surface area contributed by atoms with Gasteiger partial charge < -0.3 is 0 Å². The third-order valence-corrected chi connectivity index (χ3v) is 4.33. The van der Waals surface area contributed by atoms with Crippen LogP contribution < -0.4 is 0 Å². The van der Waals surface area contributed by atoms with Crippen LogP contribution in [-0.2, 0) is 0 Å². The molecular formula is C14H11Br2F. The number of benzene rings is 2. The average Bonchev–Trinajstić information content (AvgIpc) is 2.32. The van der Waals surface area contributed by atoms with Crippen molar-refractivity contribution in [2.45, 2.75) is 11.8 Å². The van der Waals surface area contributed by atoms with Gasteiger partial charge in [-0.25, -0.2) is 4.39 Å². The molecule has 1 atom stereocenters. The van der Waals surface area contributed by atoms with Crippen LogP contribution in [0, 0.1) is 12.7 Å². The summed E-state index contributed by atoms with van der Waals surface area (Å²) in [5, 5.41) is 0. The number of halogens is 3. The Balaban J connectivity index is 2.40. The highest BCUT2D eigenvalue weighted by Crippen LogP contribution is 2.34. The summed E-state index contributed by atoms with van der Waals surface area (Å²) in [7, 11) is 0. The number of hydrogen-bond acceptors (Lipinski definition) is 0. The monoisotopic (exact) mass is 356 g/mol. The molecule has 1 unspecified atom stereocenters. The Morgan fingerprint density at radius 3 is 2.47 bits per heavy atom. The van der Waals surface area contributed by atoms with Gasteiger partial charge in [-0.05, 0) is 51.7 Å². The Labute approximate surface area is 117 Å². The van der Waals surface area contributed by atoms with Gasteiger partial charge in [-0.15, -0.1) is 0 Å². The van der Waals surface area contributed by atoms with Crippen LogP contribution in [0.2, 0.25) is 0 Å². The summed E-state index contributed by atoms with van der Waals surface area (Å²) in [4.78, 5) is 0.0839. The normalized spacial score (nSPS) is 12.5. The van der Waals surface area contributed by atoms with E-state index in [0.29, 0.717) is 4.47 Å². The van der Waals surface area contributed by atoms with Crippen LogP contribution in [-0.4, -0.2) is 0 Å². The molecule has 0 spiro atoms. The first-order valence-corrected chi connectivity index (χ1v) is 6.95. The minimum Gasteiger partial charge on any atom is -0.206 e. The van der Waals surface area contributed by atoms with Crippen molar-refractivity contribution in [3.8, 4) is 0 Å². The van der Waals surface area contributed by atoms with E-state index in [4.69, 9.17) is 0 Å². The highest BCUT2D eigenvalue weighted by atomic mass is 79.9. The number of rotatable bonds is 2.